The summed E-state index contributed by atoms with van der Waals surface area (Å²) in [6, 6.07) is 8.61. The van der Waals surface area contributed by atoms with Gasteiger partial charge in [0.05, 0.1) is 0 Å². The molecule has 0 spiro atoms. The zero-order valence-corrected chi connectivity index (χ0v) is 12.3. The molecule has 1 aromatic carbocycles. The van der Waals surface area contributed by atoms with Gasteiger partial charge in [0.15, 0.2) is 0 Å². The van der Waals surface area contributed by atoms with Crippen molar-refractivity contribution in [3.63, 3.8) is 0 Å². The molecule has 1 aromatic rings. The number of nitrogens with two attached hydrogens (primary N) is 1. The Morgan fingerprint density at radius 3 is 2.42 bits per heavy atom. The second-order valence-corrected chi connectivity index (χ2v) is 5.52. The molecule has 1 fully saturated rings. The Morgan fingerprint density at radius 2 is 1.95 bits per heavy atom. The molecule has 1 aliphatic carbocycles. The molecule has 0 bridgehead atoms. The normalized spacial score (nSPS) is 15.5. The van der Waals surface area contributed by atoms with Crippen LogP contribution in [-0.2, 0) is 11.2 Å². The maximum Gasteiger partial charge on any atom is 0.217 e. The number of carbonyl (C=O) groups is 1. The number of rotatable bonds is 3. The topological polar surface area (TPSA) is 43.1 Å². The number of hydrogen-bond donors (Lipinski definition) is 1. The van der Waals surface area contributed by atoms with Gasteiger partial charge in [0.2, 0.25) is 5.91 Å². The van der Waals surface area contributed by atoms with Gasteiger partial charge in [0.1, 0.15) is 0 Å². The highest BCUT2D eigenvalue weighted by atomic mass is 16.1. The van der Waals surface area contributed by atoms with Crippen molar-refractivity contribution in [3.8, 4) is 0 Å². The standard InChI is InChI=1S/C9H12.C8H15NO/c1-3-9-6-4-5-8(2)7-9;9-8(10)6-7-4-2-1-3-5-7/h4-7H,3H2,1-2H3;7H,1-6H2,(H2,9,10). The molecule has 1 aliphatic rings. The lowest BCUT2D eigenvalue weighted by Gasteiger charge is -2.19. The van der Waals surface area contributed by atoms with E-state index in [4.69, 9.17) is 5.73 Å². The van der Waals surface area contributed by atoms with Crippen molar-refractivity contribution in [2.45, 2.75) is 58.8 Å². The first-order valence-electron chi connectivity index (χ1n) is 7.45. The quantitative estimate of drug-likeness (QED) is 0.878. The molecule has 2 heteroatoms. The second-order valence-electron chi connectivity index (χ2n) is 5.52. The Hall–Kier alpha value is -1.31. The van der Waals surface area contributed by atoms with E-state index in [9.17, 15) is 4.79 Å². The van der Waals surface area contributed by atoms with Crippen LogP contribution in [0.3, 0.4) is 0 Å². The molecule has 0 radical (unpaired) electrons. The third kappa shape index (κ3) is 7.00. The van der Waals surface area contributed by atoms with E-state index in [-0.39, 0.29) is 5.91 Å². The van der Waals surface area contributed by atoms with Gasteiger partial charge in [-0.05, 0) is 37.7 Å². The van der Waals surface area contributed by atoms with Crippen LogP contribution in [-0.4, -0.2) is 5.91 Å². The lowest BCUT2D eigenvalue weighted by atomic mass is 9.87. The number of amides is 1. The highest BCUT2D eigenvalue weighted by molar-refractivity contribution is 5.73. The summed E-state index contributed by atoms with van der Waals surface area (Å²) in [7, 11) is 0. The van der Waals surface area contributed by atoms with Crippen molar-refractivity contribution in [3.05, 3.63) is 35.4 Å². The molecule has 0 atom stereocenters. The van der Waals surface area contributed by atoms with Gasteiger partial charge < -0.3 is 5.73 Å². The largest absolute Gasteiger partial charge is 0.370 e. The fourth-order valence-electron chi connectivity index (χ4n) is 2.61. The van der Waals surface area contributed by atoms with Gasteiger partial charge in [-0.1, -0.05) is 56.0 Å². The van der Waals surface area contributed by atoms with E-state index in [0.717, 1.165) is 6.42 Å². The van der Waals surface area contributed by atoms with Crippen LogP contribution in [0.1, 0.15) is 56.6 Å². The van der Waals surface area contributed by atoms with E-state index < -0.39 is 0 Å². The Bertz CT molecular complexity index is 381. The number of aryl methyl sites for hydroxylation is 2. The molecule has 0 unspecified atom stereocenters. The maximum absolute atomic E-state index is 10.5. The predicted octanol–water partition coefficient (Wildman–Crippen LogP) is 4.00. The van der Waals surface area contributed by atoms with Gasteiger partial charge in [-0.3, -0.25) is 4.79 Å². The molecule has 0 aromatic heterocycles. The first-order chi connectivity index (χ1) is 9.11. The van der Waals surface area contributed by atoms with E-state index in [1.807, 2.05) is 0 Å². The SMILES string of the molecule is CCc1cccc(C)c1.NC(=O)CC1CCCCC1. The lowest BCUT2D eigenvalue weighted by Crippen LogP contribution is -2.18. The van der Waals surface area contributed by atoms with Crippen molar-refractivity contribution in [1.29, 1.82) is 0 Å². The minimum atomic E-state index is -0.132. The highest BCUT2D eigenvalue weighted by Crippen LogP contribution is 2.25. The molecule has 0 aliphatic heterocycles. The van der Waals surface area contributed by atoms with Crippen molar-refractivity contribution in [2.75, 3.05) is 0 Å². The Labute approximate surface area is 117 Å². The van der Waals surface area contributed by atoms with Gasteiger partial charge in [0, 0.05) is 6.42 Å². The molecular weight excluding hydrogens is 234 g/mol. The van der Waals surface area contributed by atoms with E-state index in [2.05, 4.69) is 38.1 Å². The van der Waals surface area contributed by atoms with Crippen molar-refractivity contribution in [1.82, 2.24) is 0 Å². The van der Waals surface area contributed by atoms with Crippen LogP contribution in [0.5, 0.6) is 0 Å². The van der Waals surface area contributed by atoms with Gasteiger partial charge in [-0.15, -0.1) is 0 Å². The van der Waals surface area contributed by atoms with E-state index in [1.165, 1.54) is 43.2 Å². The monoisotopic (exact) mass is 261 g/mol. The molecule has 0 heterocycles. The Morgan fingerprint density at radius 1 is 1.26 bits per heavy atom. The summed E-state index contributed by atoms with van der Waals surface area (Å²) < 4.78 is 0. The first kappa shape index (κ1) is 15.7. The zero-order valence-electron chi connectivity index (χ0n) is 12.3. The van der Waals surface area contributed by atoms with Crippen LogP contribution in [0.4, 0.5) is 0 Å². The molecule has 19 heavy (non-hydrogen) atoms. The Balaban J connectivity index is 0.000000191. The number of carbonyl (C=O) groups excluding carboxylic acids is 1. The average molecular weight is 261 g/mol. The fourth-order valence-corrected chi connectivity index (χ4v) is 2.61. The summed E-state index contributed by atoms with van der Waals surface area (Å²) in [5, 5.41) is 0. The van der Waals surface area contributed by atoms with Gasteiger partial charge in [-0.25, -0.2) is 0 Å². The van der Waals surface area contributed by atoms with Crippen molar-refractivity contribution in [2.24, 2.45) is 11.7 Å². The third-order valence-electron chi connectivity index (χ3n) is 3.71. The minimum Gasteiger partial charge on any atom is -0.370 e. The third-order valence-corrected chi connectivity index (χ3v) is 3.71. The highest BCUT2D eigenvalue weighted by Gasteiger charge is 2.14. The van der Waals surface area contributed by atoms with E-state index in [0.29, 0.717) is 12.3 Å². The van der Waals surface area contributed by atoms with Crippen molar-refractivity contribution >= 4 is 5.91 Å². The molecule has 1 amide bonds. The fraction of sp³-hybridized carbons (Fsp3) is 0.588. The summed E-state index contributed by atoms with van der Waals surface area (Å²) in [5.74, 6) is 0.471. The maximum atomic E-state index is 10.5. The predicted molar refractivity (Wildman–Crippen MR) is 80.9 cm³/mol. The molecule has 106 valence electrons. The van der Waals surface area contributed by atoms with E-state index in [1.54, 1.807) is 0 Å². The molecule has 1 saturated carbocycles. The van der Waals surface area contributed by atoms with Crippen LogP contribution < -0.4 is 5.73 Å². The summed E-state index contributed by atoms with van der Waals surface area (Å²) in [6.07, 6.45) is 8.10. The zero-order chi connectivity index (χ0) is 14.1. The van der Waals surface area contributed by atoms with Crippen LogP contribution in [0.2, 0.25) is 0 Å². The molecule has 0 saturated heterocycles. The second kappa shape index (κ2) is 8.73. The Kier molecular flexibility index (Phi) is 7.24. The van der Waals surface area contributed by atoms with Crippen LogP contribution in [0, 0.1) is 12.8 Å². The summed E-state index contributed by atoms with van der Waals surface area (Å²) >= 11 is 0. The van der Waals surface area contributed by atoms with E-state index >= 15 is 0 Å². The first-order valence-corrected chi connectivity index (χ1v) is 7.45. The van der Waals surface area contributed by atoms with Crippen molar-refractivity contribution < 1.29 is 4.79 Å². The minimum absolute atomic E-state index is 0.132. The van der Waals surface area contributed by atoms with Gasteiger partial charge in [-0.2, -0.15) is 0 Å². The molecule has 2 nitrogen and oxygen atoms in total. The molecular formula is C17H27NO. The van der Waals surface area contributed by atoms with Gasteiger partial charge >= 0.3 is 0 Å². The summed E-state index contributed by atoms with van der Waals surface area (Å²) in [5.41, 5.74) is 7.87. The van der Waals surface area contributed by atoms with Crippen LogP contribution in [0.15, 0.2) is 24.3 Å². The number of hydrogen-bond acceptors (Lipinski definition) is 1. The van der Waals surface area contributed by atoms with Crippen LogP contribution in [0.25, 0.3) is 0 Å². The number of benzene rings is 1. The smallest absolute Gasteiger partial charge is 0.217 e. The molecule has 2 rings (SSSR count). The molecule has 2 N–H and O–H groups in total. The van der Waals surface area contributed by atoms with Gasteiger partial charge in [0.25, 0.3) is 0 Å². The lowest BCUT2D eigenvalue weighted by molar-refractivity contribution is -0.119. The summed E-state index contributed by atoms with van der Waals surface area (Å²) in [4.78, 5) is 10.5. The summed E-state index contributed by atoms with van der Waals surface area (Å²) in [6.45, 7) is 4.30. The van der Waals surface area contributed by atoms with Crippen LogP contribution >= 0.6 is 0 Å². The average Bonchev–Trinajstić information content (AvgIpc) is 2.40. The number of primary amides is 1.